The van der Waals surface area contributed by atoms with Crippen molar-refractivity contribution in [3.05, 3.63) is 94.8 Å². The Kier molecular flexibility index (Phi) is 4.61. The quantitative estimate of drug-likeness (QED) is 0.642. The van der Waals surface area contributed by atoms with Crippen LogP contribution < -0.4 is 0 Å². The van der Waals surface area contributed by atoms with Gasteiger partial charge in [-0.2, -0.15) is 0 Å². The van der Waals surface area contributed by atoms with Gasteiger partial charge < -0.3 is 10.2 Å². The highest BCUT2D eigenvalue weighted by molar-refractivity contribution is 5.43. The average molecular weight is 362 g/mol. The molecule has 2 N–H and O–H groups in total. The van der Waals surface area contributed by atoms with E-state index in [0.29, 0.717) is 11.8 Å². The fourth-order valence-electron chi connectivity index (χ4n) is 4.41. The Morgan fingerprint density at radius 2 is 1.56 bits per heavy atom. The number of hydrogen-bond donors (Lipinski definition) is 2. The molecule has 3 aromatic carbocycles. The third kappa shape index (κ3) is 3.55. The van der Waals surface area contributed by atoms with Gasteiger partial charge in [-0.05, 0) is 89.2 Å². The second-order valence-corrected chi connectivity index (χ2v) is 7.58. The molecule has 3 aromatic rings. The third-order valence-corrected chi connectivity index (χ3v) is 5.93. The Morgan fingerprint density at radius 1 is 0.889 bits per heavy atom. The molecule has 0 saturated carbocycles. The minimum atomic E-state index is -0.226. The molecule has 0 aliphatic heterocycles. The van der Waals surface area contributed by atoms with E-state index in [1.54, 1.807) is 18.2 Å². The molecule has 1 aliphatic carbocycles. The Morgan fingerprint density at radius 3 is 2.26 bits per heavy atom. The van der Waals surface area contributed by atoms with E-state index >= 15 is 0 Å². The predicted octanol–water partition coefficient (Wildman–Crippen LogP) is 5.54. The molecule has 27 heavy (non-hydrogen) atoms. The zero-order chi connectivity index (χ0) is 19.0. The molecule has 138 valence electrons. The van der Waals surface area contributed by atoms with Crippen molar-refractivity contribution in [2.24, 2.45) is 5.92 Å². The van der Waals surface area contributed by atoms with Gasteiger partial charge in [0.05, 0.1) is 0 Å². The zero-order valence-electron chi connectivity index (χ0n) is 15.3. The normalized spacial score (nSPS) is 21.6. The lowest BCUT2D eigenvalue weighted by atomic mass is 9.66. The zero-order valence-corrected chi connectivity index (χ0v) is 15.3. The first-order chi connectivity index (χ1) is 13.0. The van der Waals surface area contributed by atoms with Gasteiger partial charge in [-0.3, -0.25) is 0 Å². The molecule has 2 nitrogen and oxygen atoms in total. The number of fused-ring (bicyclic) bond motifs is 1. The van der Waals surface area contributed by atoms with E-state index in [1.165, 1.54) is 28.8 Å². The number of aromatic hydroxyl groups is 2. The van der Waals surface area contributed by atoms with E-state index in [-0.39, 0.29) is 23.2 Å². The van der Waals surface area contributed by atoms with Gasteiger partial charge in [-0.15, -0.1) is 0 Å². The molecule has 0 unspecified atom stereocenters. The first-order valence-electron chi connectivity index (χ1n) is 9.36. The van der Waals surface area contributed by atoms with Crippen LogP contribution >= 0.6 is 0 Å². The number of halogens is 1. The average Bonchev–Trinajstić information content (AvgIpc) is 2.66. The molecule has 0 saturated heterocycles. The Balaban J connectivity index is 1.73. The number of rotatable bonds is 3. The summed E-state index contributed by atoms with van der Waals surface area (Å²) >= 11 is 0. The van der Waals surface area contributed by atoms with Crippen LogP contribution in [0.4, 0.5) is 4.39 Å². The smallest absolute Gasteiger partial charge is 0.123 e. The van der Waals surface area contributed by atoms with Crippen molar-refractivity contribution in [2.75, 3.05) is 0 Å². The summed E-state index contributed by atoms with van der Waals surface area (Å²) in [5, 5.41) is 19.7. The summed E-state index contributed by atoms with van der Waals surface area (Å²) in [5.74, 6) is 1.23. The van der Waals surface area contributed by atoms with Crippen molar-refractivity contribution in [3.8, 4) is 11.5 Å². The van der Waals surface area contributed by atoms with Crippen LogP contribution in [0.2, 0.25) is 0 Å². The monoisotopic (exact) mass is 362 g/mol. The van der Waals surface area contributed by atoms with E-state index in [1.807, 2.05) is 36.4 Å². The molecule has 4 rings (SSSR count). The van der Waals surface area contributed by atoms with Gasteiger partial charge in [0.15, 0.2) is 0 Å². The largest absolute Gasteiger partial charge is 0.508 e. The van der Waals surface area contributed by atoms with Crippen LogP contribution in [0.1, 0.15) is 41.0 Å². The molecule has 0 fully saturated rings. The van der Waals surface area contributed by atoms with Crippen molar-refractivity contribution in [3.63, 3.8) is 0 Å². The lowest BCUT2D eigenvalue weighted by molar-refractivity contribution is 0.347. The molecule has 1 aliphatic rings. The van der Waals surface area contributed by atoms with Crippen molar-refractivity contribution >= 4 is 0 Å². The number of phenolic OH excluding ortho intramolecular Hbond substituents is 2. The topological polar surface area (TPSA) is 40.5 Å². The summed E-state index contributed by atoms with van der Waals surface area (Å²) in [6.45, 7) is 2.25. The van der Waals surface area contributed by atoms with E-state index in [4.69, 9.17) is 0 Å². The van der Waals surface area contributed by atoms with Crippen molar-refractivity contribution < 1.29 is 14.6 Å². The third-order valence-electron chi connectivity index (χ3n) is 5.93. The molecule has 0 bridgehead atoms. The molecule has 3 atom stereocenters. The molecular weight excluding hydrogens is 339 g/mol. The highest BCUT2D eigenvalue weighted by atomic mass is 19.1. The van der Waals surface area contributed by atoms with Gasteiger partial charge in [0.2, 0.25) is 0 Å². The minimum absolute atomic E-state index is 0.226. The minimum Gasteiger partial charge on any atom is -0.508 e. The summed E-state index contributed by atoms with van der Waals surface area (Å²) in [5.41, 5.74) is 4.73. The first kappa shape index (κ1) is 17.6. The van der Waals surface area contributed by atoms with Gasteiger partial charge in [0.1, 0.15) is 17.3 Å². The van der Waals surface area contributed by atoms with E-state index in [0.717, 1.165) is 18.4 Å². The van der Waals surface area contributed by atoms with Gasteiger partial charge in [-0.1, -0.05) is 37.3 Å². The summed E-state index contributed by atoms with van der Waals surface area (Å²) < 4.78 is 13.3. The van der Waals surface area contributed by atoms with Gasteiger partial charge in [0, 0.05) is 0 Å². The molecule has 0 heterocycles. The lowest BCUT2D eigenvalue weighted by Gasteiger charge is -2.38. The predicted molar refractivity (Wildman–Crippen MR) is 105 cm³/mol. The number of benzene rings is 3. The van der Waals surface area contributed by atoms with Gasteiger partial charge in [-0.25, -0.2) is 4.39 Å². The van der Waals surface area contributed by atoms with Crippen LogP contribution in [0.5, 0.6) is 11.5 Å². The van der Waals surface area contributed by atoms with E-state index in [2.05, 4.69) is 6.92 Å². The second-order valence-electron chi connectivity index (χ2n) is 7.58. The van der Waals surface area contributed by atoms with Crippen LogP contribution in [0.15, 0.2) is 66.7 Å². The maximum absolute atomic E-state index is 13.3. The number of phenols is 2. The summed E-state index contributed by atoms with van der Waals surface area (Å²) in [6, 6.07) is 19.8. The molecule has 0 amide bonds. The second kappa shape index (κ2) is 7.07. The molecule has 0 radical (unpaired) electrons. The molecular formula is C24H23FO2. The maximum atomic E-state index is 13.3. The summed E-state index contributed by atoms with van der Waals surface area (Å²) in [4.78, 5) is 0. The fraction of sp³-hybridized carbons (Fsp3) is 0.250. The number of hydrogen-bond acceptors (Lipinski definition) is 2. The van der Waals surface area contributed by atoms with Crippen LogP contribution in [0.25, 0.3) is 0 Å². The fourth-order valence-corrected chi connectivity index (χ4v) is 4.41. The highest BCUT2D eigenvalue weighted by Gasteiger charge is 2.34. The van der Waals surface area contributed by atoms with E-state index < -0.39 is 0 Å². The van der Waals surface area contributed by atoms with Crippen LogP contribution in [0, 0.1) is 11.7 Å². The maximum Gasteiger partial charge on any atom is 0.123 e. The Labute approximate surface area is 158 Å². The molecule has 0 aromatic heterocycles. The van der Waals surface area contributed by atoms with Crippen molar-refractivity contribution in [1.29, 1.82) is 0 Å². The molecule has 0 spiro atoms. The van der Waals surface area contributed by atoms with Crippen LogP contribution in [-0.2, 0) is 12.8 Å². The summed E-state index contributed by atoms with van der Waals surface area (Å²) in [7, 11) is 0. The highest BCUT2D eigenvalue weighted by Crippen LogP contribution is 2.46. The SMILES string of the molecule is C[C@@H]1[C@H](c2ccc(O)cc2)Cc2ccc(O)cc2[C@@H]1Cc1ccc(F)cc1. The van der Waals surface area contributed by atoms with Crippen molar-refractivity contribution in [1.82, 2.24) is 0 Å². The van der Waals surface area contributed by atoms with Crippen molar-refractivity contribution in [2.45, 2.75) is 31.6 Å². The summed E-state index contributed by atoms with van der Waals surface area (Å²) in [6.07, 6.45) is 1.70. The standard InChI is InChI=1S/C24H23FO2/c1-15-22(17-4-9-20(26)10-5-17)13-18-6-11-21(27)14-24(18)23(15)12-16-2-7-19(25)8-3-16/h2-11,14-15,22-23,26-27H,12-13H2,1H3/t15-,22-,23-/m1/s1. The molecule has 3 heteroatoms. The van der Waals surface area contributed by atoms with Crippen LogP contribution in [0.3, 0.4) is 0 Å². The van der Waals surface area contributed by atoms with Crippen LogP contribution in [-0.4, -0.2) is 10.2 Å². The van der Waals surface area contributed by atoms with Gasteiger partial charge in [0.25, 0.3) is 0 Å². The Hall–Kier alpha value is -2.81. The first-order valence-corrected chi connectivity index (χ1v) is 9.36. The van der Waals surface area contributed by atoms with E-state index in [9.17, 15) is 14.6 Å². The van der Waals surface area contributed by atoms with Gasteiger partial charge >= 0.3 is 0 Å². The Bertz CT molecular complexity index is 932. The lowest BCUT2D eigenvalue weighted by Crippen LogP contribution is -2.27.